The molecule has 108 valence electrons. The number of ether oxygens (including phenoxy) is 1. The molecule has 0 fully saturated rings. The number of likely N-dealkylation sites (N-methyl/N-ethyl adjacent to an activating group) is 1. The fourth-order valence-electron chi connectivity index (χ4n) is 1.85. The highest BCUT2D eigenvalue weighted by Gasteiger charge is 2.08. The maximum atomic E-state index is 5.42. The van der Waals surface area contributed by atoms with Crippen molar-refractivity contribution in [3.8, 4) is 0 Å². The average molecular weight is 329 g/mol. The van der Waals surface area contributed by atoms with Crippen LogP contribution in [0.2, 0.25) is 0 Å². The predicted octanol–water partition coefficient (Wildman–Crippen LogP) is 3.42. The summed E-state index contributed by atoms with van der Waals surface area (Å²) in [5.41, 5.74) is 2.57. The van der Waals surface area contributed by atoms with Crippen LogP contribution < -0.4 is 10.2 Å². The van der Waals surface area contributed by atoms with Crippen molar-refractivity contribution < 1.29 is 4.74 Å². The Hall–Kier alpha value is -0.580. The Morgan fingerprint density at radius 2 is 2.11 bits per heavy atom. The van der Waals surface area contributed by atoms with Crippen molar-refractivity contribution in [2.45, 2.75) is 33.4 Å². The lowest BCUT2D eigenvalue weighted by molar-refractivity contribution is 0.154. The van der Waals surface area contributed by atoms with Gasteiger partial charge in [0.2, 0.25) is 0 Å². The maximum absolute atomic E-state index is 5.42. The van der Waals surface area contributed by atoms with Crippen molar-refractivity contribution in [2.24, 2.45) is 0 Å². The minimum Gasteiger partial charge on any atom is -0.380 e. The number of rotatable bonds is 8. The first-order chi connectivity index (χ1) is 9.04. The maximum Gasteiger partial charge on any atom is 0.0641 e. The molecule has 4 heteroatoms. The van der Waals surface area contributed by atoms with E-state index in [1.165, 1.54) is 11.3 Å². The minimum absolute atomic E-state index is 0.487. The second-order valence-electron chi connectivity index (χ2n) is 4.93. The summed E-state index contributed by atoms with van der Waals surface area (Å²) < 4.78 is 6.54. The van der Waals surface area contributed by atoms with Gasteiger partial charge in [0.25, 0.3) is 0 Å². The van der Waals surface area contributed by atoms with Crippen molar-refractivity contribution in [3.05, 3.63) is 28.2 Å². The predicted molar refractivity (Wildman–Crippen MR) is 85.9 cm³/mol. The lowest BCUT2D eigenvalue weighted by Gasteiger charge is -2.23. The Kier molecular flexibility index (Phi) is 7.42. The highest BCUT2D eigenvalue weighted by Crippen LogP contribution is 2.24. The van der Waals surface area contributed by atoms with Crippen LogP contribution in [0.15, 0.2) is 22.7 Å². The Labute approximate surface area is 125 Å². The lowest BCUT2D eigenvalue weighted by Crippen LogP contribution is -2.26. The van der Waals surface area contributed by atoms with Crippen LogP contribution in [0.3, 0.4) is 0 Å². The Morgan fingerprint density at radius 3 is 2.74 bits per heavy atom. The molecule has 19 heavy (non-hydrogen) atoms. The van der Waals surface area contributed by atoms with E-state index in [1.54, 1.807) is 0 Å². The van der Waals surface area contributed by atoms with E-state index in [9.17, 15) is 0 Å². The Bertz CT molecular complexity index is 382. The van der Waals surface area contributed by atoms with E-state index >= 15 is 0 Å². The standard InChI is InChI=1S/C15H25BrN2O/c1-5-19-9-8-18(4)15-7-6-14(16)10-13(15)11-17-12(2)3/h6-7,10,12,17H,5,8-9,11H2,1-4H3. The van der Waals surface area contributed by atoms with Gasteiger partial charge in [0.15, 0.2) is 0 Å². The molecule has 3 nitrogen and oxygen atoms in total. The van der Waals surface area contributed by atoms with Gasteiger partial charge in [-0.3, -0.25) is 0 Å². The third kappa shape index (κ3) is 5.93. The number of hydrogen-bond donors (Lipinski definition) is 1. The van der Waals surface area contributed by atoms with E-state index < -0.39 is 0 Å². The second-order valence-corrected chi connectivity index (χ2v) is 5.84. The average Bonchev–Trinajstić information content (AvgIpc) is 2.36. The number of anilines is 1. The van der Waals surface area contributed by atoms with Crippen molar-refractivity contribution in [1.29, 1.82) is 0 Å². The van der Waals surface area contributed by atoms with Gasteiger partial charge in [-0.05, 0) is 30.7 Å². The van der Waals surface area contributed by atoms with Crippen LogP contribution >= 0.6 is 15.9 Å². The second kappa shape index (κ2) is 8.56. The zero-order chi connectivity index (χ0) is 14.3. The van der Waals surface area contributed by atoms with E-state index in [0.717, 1.165) is 30.8 Å². The Balaban J connectivity index is 2.74. The summed E-state index contributed by atoms with van der Waals surface area (Å²) in [7, 11) is 2.11. The number of nitrogens with zero attached hydrogens (tertiary/aromatic N) is 1. The van der Waals surface area contributed by atoms with Gasteiger partial charge < -0.3 is 15.0 Å². The molecule has 0 aliphatic rings. The Morgan fingerprint density at radius 1 is 1.37 bits per heavy atom. The first-order valence-corrected chi connectivity index (χ1v) is 7.64. The quantitative estimate of drug-likeness (QED) is 0.740. The zero-order valence-corrected chi connectivity index (χ0v) is 14.0. The van der Waals surface area contributed by atoms with Gasteiger partial charge in [-0.25, -0.2) is 0 Å². The first-order valence-electron chi connectivity index (χ1n) is 6.85. The number of nitrogens with one attached hydrogen (secondary N) is 1. The van der Waals surface area contributed by atoms with Gasteiger partial charge in [-0.1, -0.05) is 29.8 Å². The summed E-state index contributed by atoms with van der Waals surface area (Å²) in [4.78, 5) is 2.25. The molecule has 1 N–H and O–H groups in total. The van der Waals surface area contributed by atoms with Gasteiger partial charge in [0.05, 0.1) is 6.61 Å². The summed E-state index contributed by atoms with van der Waals surface area (Å²) in [6.45, 7) is 9.68. The van der Waals surface area contributed by atoms with Crippen molar-refractivity contribution >= 4 is 21.6 Å². The van der Waals surface area contributed by atoms with Crippen LogP contribution in [-0.4, -0.2) is 32.8 Å². The van der Waals surface area contributed by atoms with Crippen LogP contribution in [0, 0.1) is 0 Å². The van der Waals surface area contributed by atoms with Gasteiger partial charge >= 0.3 is 0 Å². The molecule has 0 amide bonds. The fourth-order valence-corrected chi connectivity index (χ4v) is 2.26. The van der Waals surface area contributed by atoms with E-state index in [2.05, 4.69) is 65.2 Å². The highest BCUT2D eigenvalue weighted by molar-refractivity contribution is 9.10. The summed E-state index contributed by atoms with van der Waals surface area (Å²) in [5, 5.41) is 3.47. The third-order valence-corrected chi connectivity index (χ3v) is 3.42. The molecule has 0 aliphatic heterocycles. The van der Waals surface area contributed by atoms with Gasteiger partial charge in [0, 0.05) is 42.9 Å². The summed E-state index contributed by atoms with van der Waals surface area (Å²) in [5.74, 6) is 0. The van der Waals surface area contributed by atoms with Crippen molar-refractivity contribution in [1.82, 2.24) is 5.32 Å². The molecular weight excluding hydrogens is 304 g/mol. The summed E-state index contributed by atoms with van der Waals surface area (Å²) in [6, 6.07) is 6.92. The van der Waals surface area contributed by atoms with Crippen molar-refractivity contribution in [2.75, 3.05) is 31.7 Å². The van der Waals surface area contributed by atoms with E-state index in [1.807, 2.05) is 6.92 Å². The molecule has 0 aromatic heterocycles. The molecule has 0 aliphatic carbocycles. The molecule has 0 bridgehead atoms. The molecule has 0 radical (unpaired) electrons. The first kappa shape index (κ1) is 16.5. The van der Waals surface area contributed by atoms with Crippen LogP contribution in [0.25, 0.3) is 0 Å². The number of halogens is 1. The molecule has 0 saturated carbocycles. The minimum atomic E-state index is 0.487. The molecule has 0 unspecified atom stereocenters. The topological polar surface area (TPSA) is 24.5 Å². The van der Waals surface area contributed by atoms with Crippen molar-refractivity contribution in [3.63, 3.8) is 0 Å². The van der Waals surface area contributed by atoms with Crippen LogP contribution in [0.4, 0.5) is 5.69 Å². The van der Waals surface area contributed by atoms with Gasteiger partial charge in [-0.2, -0.15) is 0 Å². The largest absolute Gasteiger partial charge is 0.380 e. The van der Waals surface area contributed by atoms with E-state index in [0.29, 0.717) is 6.04 Å². The van der Waals surface area contributed by atoms with Gasteiger partial charge in [-0.15, -0.1) is 0 Å². The highest BCUT2D eigenvalue weighted by atomic mass is 79.9. The number of benzene rings is 1. The molecule has 1 rings (SSSR count). The van der Waals surface area contributed by atoms with Crippen LogP contribution in [0.5, 0.6) is 0 Å². The zero-order valence-electron chi connectivity index (χ0n) is 12.4. The normalized spacial score (nSPS) is 11.1. The molecule has 0 atom stereocenters. The van der Waals surface area contributed by atoms with E-state index in [-0.39, 0.29) is 0 Å². The molecule has 0 spiro atoms. The third-order valence-electron chi connectivity index (χ3n) is 2.93. The summed E-state index contributed by atoms with van der Waals surface area (Å²) in [6.07, 6.45) is 0. The summed E-state index contributed by atoms with van der Waals surface area (Å²) >= 11 is 3.55. The molecule has 0 heterocycles. The van der Waals surface area contributed by atoms with Crippen LogP contribution in [0.1, 0.15) is 26.3 Å². The molecule has 0 saturated heterocycles. The monoisotopic (exact) mass is 328 g/mol. The molecular formula is C15H25BrN2O. The van der Waals surface area contributed by atoms with Crippen LogP contribution in [-0.2, 0) is 11.3 Å². The fraction of sp³-hybridized carbons (Fsp3) is 0.600. The molecule has 1 aromatic rings. The lowest BCUT2D eigenvalue weighted by atomic mass is 10.1. The van der Waals surface area contributed by atoms with Gasteiger partial charge in [0.1, 0.15) is 0 Å². The van der Waals surface area contributed by atoms with E-state index in [4.69, 9.17) is 4.74 Å². The smallest absolute Gasteiger partial charge is 0.0641 e. The molecule has 1 aromatic carbocycles. The SMILES string of the molecule is CCOCCN(C)c1ccc(Br)cc1CNC(C)C. The number of hydrogen-bond acceptors (Lipinski definition) is 3.